The highest BCUT2D eigenvalue weighted by atomic mass is 32.2. The quantitative estimate of drug-likeness (QED) is 0.260. The summed E-state index contributed by atoms with van der Waals surface area (Å²) < 4.78 is 33.1. The standard InChI is InChI=1S/C26H38N2O8S/c1-19(2)35-24(29)26(3)18-37-23(27-26)20-8-7-9-21(22(20)36-25(30)28-10-5-6-11-28)34-17-16-33-15-14-32-13-12-31-4/h7-9,19H,5-6,10-18H2,1-4H3. The maximum Gasteiger partial charge on any atom is 0.415 e. The second kappa shape index (κ2) is 14.6. The van der Waals surface area contributed by atoms with Crippen molar-refractivity contribution in [3.05, 3.63) is 23.8 Å². The van der Waals surface area contributed by atoms with Crippen LogP contribution in [0.1, 0.15) is 39.2 Å². The van der Waals surface area contributed by atoms with Crippen LogP contribution in [0.2, 0.25) is 0 Å². The van der Waals surface area contributed by atoms with Gasteiger partial charge in [0, 0.05) is 26.0 Å². The molecule has 1 aromatic rings. The van der Waals surface area contributed by atoms with E-state index in [1.165, 1.54) is 11.8 Å². The van der Waals surface area contributed by atoms with Crippen molar-refractivity contribution < 1.29 is 38.0 Å². The number of carbonyl (C=O) groups excluding carboxylic acids is 2. The predicted octanol–water partition coefficient (Wildman–Crippen LogP) is 3.54. The van der Waals surface area contributed by atoms with Crippen LogP contribution in [0, 0.1) is 0 Å². The van der Waals surface area contributed by atoms with Crippen LogP contribution in [0.15, 0.2) is 23.2 Å². The lowest BCUT2D eigenvalue weighted by Gasteiger charge is -2.20. The maximum atomic E-state index is 12.9. The van der Waals surface area contributed by atoms with E-state index in [-0.39, 0.29) is 24.4 Å². The lowest BCUT2D eigenvalue weighted by Crippen LogP contribution is -2.37. The second-order valence-corrected chi connectivity index (χ2v) is 10.2. The Bertz CT molecular complexity index is 935. The fraction of sp³-hybridized carbons (Fsp3) is 0.654. The van der Waals surface area contributed by atoms with Gasteiger partial charge in [-0.15, -0.1) is 11.8 Å². The Morgan fingerprint density at radius 1 is 1.05 bits per heavy atom. The van der Waals surface area contributed by atoms with Gasteiger partial charge >= 0.3 is 12.1 Å². The number of methoxy groups -OCH3 is 1. The summed E-state index contributed by atoms with van der Waals surface area (Å²) in [5.74, 6) is 0.747. The van der Waals surface area contributed by atoms with E-state index in [1.54, 1.807) is 25.0 Å². The Kier molecular flexibility index (Phi) is 11.5. The van der Waals surface area contributed by atoms with Gasteiger partial charge < -0.3 is 33.3 Å². The van der Waals surface area contributed by atoms with E-state index in [9.17, 15) is 9.59 Å². The maximum absolute atomic E-state index is 12.9. The van der Waals surface area contributed by atoms with Crippen LogP contribution in [0.5, 0.6) is 11.5 Å². The van der Waals surface area contributed by atoms with Gasteiger partial charge in [0.1, 0.15) is 11.7 Å². The van der Waals surface area contributed by atoms with Gasteiger partial charge in [0.15, 0.2) is 17.0 Å². The summed E-state index contributed by atoms with van der Waals surface area (Å²) in [4.78, 5) is 31.9. The van der Waals surface area contributed by atoms with Crippen molar-refractivity contribution in [2.75, 3.05) is 65.6 Å². The molecule has 0 N–H and O–H groups in total. The summed E-state index contributed by atoms with van der Waals surface area (Å²) in [7, 11) is 1.63. The SMILES string of the molecule is COCCOCCOCCOc1cccc(C2=NC(C)(C(=O)OC(C)C)CS2)c1OC(=O)N1CCCC1. The molecule has 2 aliphatic rings. The molecule has 0 spiro atoms. The van der Waals surface area contributed by atoms with Crippen molar-refractivity contribution in [1.29, 1.82) is 0 Å². The first-order valence-electron chi connectivity index (χ1n) is 12.6. The number of likely N-dealkylation sites (tertiary alicyclic amines) is 1. The first-order valence-corrected chi connectivity index (χ1v) is 13.6. The Labute approximate surface area is 223 Å². The average molecular weight is 539 g/mol. The van der Waals surface area contributed by atoms with Gasteiger partial charge in [-0.25, -0.2) is 9.59 Å². The number of rotatable bonds is 14. The topological polar surface area (TPSA) is 105 Å². The number of hydrogen-bond donors (Lipinski definition) is 0. The van der Waals surface area contributed by atoms with E-state index in [4.69, 9.17) is 33.4 Å². The van der Waals surface area contributed by atoms with Crippen LogP contribution in [0.3, 0.4) is 0 Å². The van der Waals surface area contributed by atoms with E-state index in [1.807, 2.05) is 26.0 Å². The van der Waals surface area contributed by atoms with E-state index in [2.05, 4.69) is 0 Å². The Morgan fingerprint density at radius 3 is 2.41 bits per heavy atom. The number of aliphatic imine (C=N–C) groups is 1. The molecular weight excluding hydrogens is 500 g/mol. The van der Waals surface area contributed by atoms with Gasteiger partial charge in [0.05, 0.1) is 44.7 Å². The van der Waals surface area contributed by atoms with Crippen LogP contribution < -0.4 is 9.47 Å². The van der Waals surface area contributed by atoms with E-state index in [0.29, 0.717) is 68.2 Å². The van der Waals surface area contributed by atoms with Crippen LogP contribution in [-0.4, -0.2) is 99.2 Å². The molecule has 0 aliphatic carbocycles. The Hall–Kier alpha value is -2.34. The number of esters is 1. The van der Waals surface area contributed by atoms with Gasteiger partial charge in [0.25, 0.3) is 0 Å². The zero-order valence-electron chi connectivity index (χ0n) is 22.2. The summed E-state index contributed by atoms with van der Waals surface area (Å²) in [5, 5.41) is 0.599. The first kappa shape index (κ1) is 29.2. The third-order valence-electron chi connectivity index (χ3n) is 5.67. The van der Waals surface area contributed by atoms with Crippen LogP contribution >= 0.6 is 11.8 Å². The molecule has 0 radical (unpaired) electrons. The lowest BCUT2D eigenvalue weighted by molar-refractivity contribution is -0.152. The zero-order chi connectivity index (χ0) is 26.7. The number of hydrogen-bond acceptors (Lipinski definition) is 10. The Balaban J connectivity index is 1.71. The lowest BCUT2D eigenvalue weighted by atomic mass is 10.1. The number of thioether (sulfide) groups is 1. The van der Waals surface area contributed by atoms with Crippen molar-refractivity contribution in [2.45, 2.75) is 45.3 Å². The van der Waals surface area contributed by atoms with Gasteiger partial charge in [-0.2, -0.15) is 0 Å². The van der Waals surface area contributed by atoms with Crippen molar-refractivity contribution in [3.63, 3.8) is 0 Å². The smallest absolute Gasteiger partial charge is 0.415 e. The normalized spacial score (nSPS) is 19.3. The zero-order valence-corrected chi connectivity index (χ0v) is 23.0. The molecular formula is C26H38N2O8S. The van der Waals surface area contributed by atoms with Crippen LogP contribution in [0.25, 0.3) is 0 Å². The molecule has 1 atom stereocenters. The molecule has 0 saturated carbocycles. The van der Waals surface area contributed by atoms with Gasteiger partial charge in [-0.1, -0.05) is 6.07 Å². The molecule has 0 aromatic heterocycles. The van der Waals surface area contributed by atoms with Crippen molar-refractivity contribution >= 4 is 28.9 Å². The van der Waals surface area contributed by atoms with Crippen molar-refractivity contribution in [1.82, 2.24) is 4.90 Å². The number of carbonyl (C=O) groups is 2. The minimum absolute atomic E-state index is 0.235. The molecule has 1 saturated heterocycles. The molecule has 1 fully saturated rings. The summed E-state index contributed by atoms with van der Waals surface area (Å²) in [6.07, 6.45) is 1.24. The minimum atomic E-state index is -1.02. The molecule has 1 aromatic carbocycles. The molecule has 37 heavy (non-hydrogen) atoms. The number of benzene rings is 1. The minimum Gasteiger partial charge on any atom is -0.487 e. The van der Waals surface area contributed by atoms with E-state index < -0.39 is 11.6 Å². The summed E-state index contributed by atoms with van der Waals surface area (Å²) in [6.45, 7) is 9.24. The van der Waals surface area contributed by atoms with Gasteiger partial charge in [-0.3, -0.25) is 4.99 Å². The van der Waals surface area contributed by atoms with Crippen LogP contribution in [0.4, 0.5) is 4.79 Å². The third-order valence-corrected chi connectivity index (χ3v) is 6.96. The molecule has 3 rings (SSSR count). The molecule has 2 heterocycles. The highest BCUT2D eigenvalue weighted by Crippen LogP contribution is 2.39. The summed E-state index contributed by atoms with van der Waals surface area (Å²) in [5.41, 5.74) is -0.417. The number of amides is 1. The first-order chi connectivity index (χ1) is 17.8. The van der Waals surface area contributed by atoms with E-state index >= 15 is 0 Å². The molecule has 206 valence electrons. The highest BCUT2D eigenvalue weighted by molar-refractivity contribution is 8.14. The molecule has 0 bridgehead atoms. The fourth-order valence-electron chi connectivity index (χ4n) is 3.71. The monoisotopic (exact) mass is 538 g/mol. The molecule has 1 amide bonds. The highest BCUT2D eigenvalue weighted by Gasteiger charge is 2.41. The average Bonchev–Trinajstić information content (AvgIpc) is 3.54. The van der Waals surface area contributed by atoms with Crippen molar-refractivity contribution in [3.8, 4) is 11.5 Å². The molecule has 1 unspecified atom stereocenters. The van der Waals surface area contributed by atoms with Crippen molar-refractivity contribution in [2.24, 2.45) is 4.99 Å². The third kappa shape index (κ3) is 8.59. The molecule has 11 heteroatoms. The summed E-state index contributed by atoms with van der Waals surface area (Å²) in [6, 6.07) is 5.38. The molecule has 10 nitrogen and oxygen atoms in total. The van der Waals surface area contributed by atoms with Gasteiger partial charge in [-0.05, 0) is 45.7 Å². The number of ether oxygens (including phenoxy) is 6. The molecule has 2 aliphatic heterocycles. The van der Waals surface area contributed by atoms with Crippen LogP contribution in [-0.2, 0) is 23.7 Å². The summed E-state index contributed by atoms with van der Waals surface area (Å²) >= 11 is 1.42. The predicted molar refractivity (Wildman–Crippen MR) is 141 cm³/mol. The van der Waals surface area contributed by atoms with Gasteiger partial charge in [0.2, 0.25) is 0 Å². The largest absolute Gasteiger partial charge is 0.487 e. The van der Waals surface area contributed by atoms with E-state index in [0.717, 1.165) is 12.8 Å². The fourth-order valence-corrected chi connectivity index (χ4v) is 4.89. The number of nitrogens with zero attached hydrogens (tertiary/aromatic N) is 2. The second-order valence-electron chi connectivity index (χ2n) is 9.19. The Morgan fingerprint density at radius 2 is 1.73 bits per heavy atom. The number of para-hydroxylation sites is 1.